The predicted molar refractivity (Wildman–Crippen MR) is 103 cm³/mol. The van der Waals surface area contributed by atoms with Crippen molar-refractivity contribution < 1.29 is 26.7 Å². The van der Waals surface area contributed by atoms with Crippen molar-refractivity contribution >= 4 is 15.9 Å². The zero-order valence-corrected chi connectivity index (χ0v) is 16.8. The molecular formula is C20H22F2N2O4S. The lowest BCUT2D eigenvalue weighted by Gasteiger charge is -2.34. The first-order chi connectivity index (χ1) is 13.8. The van der Waals surface area contributed by atoms with Crippen LogP contribution in [0.3, 0.4) is 0 Å². The molecule has 9 heteroatoms. The minimum atomic E-state index is -4.31. The van der Waals surface area contributed by atoms with Crippen LogP contribution in [0, 0.1) is 11.6 Å². The highest BCUT2D eigenvalue weighted by Crippen LogP contribution is 2.23. The Labute approximate surface area is 168 Å². The number of amides is 1. The number of sulfonamides is 1. The van der Waals surface area contributed by atoms with E-state index >= 15 is 0 Å². The minimum Gasteiger partial charge on any atom is -0.494 e. The summed E-state index contributed by atoms with van der Waals surface area (Å²) in [5.74, 6) is -1.66. The standard InChI is InChI=1S/C20H22F2N2O4S/c1-2-28-16-8-6-15(7-9-16)14-19(25)23-10-12-24(13-11-23)29(26,27)20-17(21)4-3-5-18(20)22/h3-9H,2,10-14H2,1H3. The molecular weight excluding hydrogens is 402 g/mol. The second-order valence-corrected chi connectivity index (χ2v) is 8.46. The van der Waals surface area contributed by atoms with Gasteiger partial charge < -0.3 is 9.64 Å². The normalized spacial score (nSPS) is 15.3. The van der Waals surface area contributed by atoms with Gasteiger partial charge in [0.05, 0.1) is 13.0 Å². The van der Waals surface area contributed by atoms with Crippen LogP contribution < -0.4 is 4.74 Å². The molecule has 156 valence electrons. The van der Waals surface area contributed by atoms with Crippen LogP contribution in [0.2, 0.25) is 0 Å². The van der Waals surface area contributed by atoms with E-state index in [4.69, 9.17) is 4.74 Å². The second kappa shape index (κ2) is 8.87. The number of hydrogen-bond donors (Lipinski definition) is 0. The van der Waals surface area contributed by atoms with Gasteiger partial charge in [-0.25, -0.2) is 17.2 Å². The number of halogens is 2. The van der Waals surface area contributed by atoms with Gasteiger partial charge in [-0.2, -0.15) is 4.31 Å². The van der Waals surface area contributed by atoms with Gasteiger partial charge in [0.1, 0.15) is 17.4 Å². The average molecular weight is 424 g/mol. The molecule has 1 aliphatic heterocycles. The van der Waals surface area contributed by atoms with Gasteiger partial charge in [-0.05, 0) is 36.8 Å². The van der Waals surface area contributed by atoms with Gasteiger partial charge in [0, 0.05) is 26.2 Å². The smallest absolute Gasteiger partial charge is 0.249 e. The van der Waals surface area contributed by atoms with E-state index in [1.54, 1.807) is 17.0 Å². The summed E-state index contributed by atoms with van der Waals surface area (Å²) in [5.41, 5.74) is 0.821. The van der Waals surface area contributed by atoms with Crippen LogP contribution in [0.1, 0.15) is 12.5 Å². The molecule has 0 spiro atoms. The van der Waals surface area contributed by atoms with Crippen molar-refractivity contribution in [3.63, 3.8) is 0 Å². The van der Waals surface area contributed by atoms with Crippen LogP contribution in [-0.2, 0) is 21.2 Å². The summed E-state index contributed by atoms with van der Waals surface area (Å²) in [5, 5.41) is 0. The second-order valence-electron chi connectivity index (χ2n) is 6.59. The first-order valence-electron chi connectivity index (χ1n) is 9.26. The van der Waals surface area contributed by atoms with Gasteiger partial charge in [-0.1, -0.05) is 18.2 Å². The number of piperazine rings is 1. The third-order valence-corrected chi connectivity index (χ3v) is 6.65. The van der Waals surface area contributed by atoms with Gasteiger partial charge in [0.25, 0.3) is 0 Å². The molecule has 0 N–H and O–H groups in total. The quantitative estimate of drug-likeness (QED) is 0.715. The summed E-state index contributed by atoms with van der Waals surface area (Å²) in [4.78, 5) is 13.1. The number of carbonyl (C=O) groups excluding carboxylic acids is 1. The molecule has 1 fully saturated rings. The Morgan fingerprint density at radius 2 is 1.59 bits per heavy atom. The Balaban J connectivity index is 1.62. The zero-order valence-electron chi connectivity index (χ0n) is 16.0. The van der Waals surface area contributed by atoms with Gasteiger partial charge in [0.15, 0.2) is 4.90 Å². The summed E-state index contributed by atoms with van der Waals surface area (Å²) >= 11 is 0. The molecule has 1 heterocycles. The van der Waals surface area contributed by atoms with E-state index in [1.165, 1.54) is 0 Å². The molecule has 29 heavy (non-hydrogen) atoms. The molecule has 0 bridgehead atoms. The average Bonchev–Trinajstić information content (AvgIpc) is 2.69. The van der Waals surface area contributed by atoms with Gasteiger partial charge in [-0.3, -0.25) is 4.79 Å². The van der Waals surface area contributed by atoms with E-state index in [2.05, 4.69) is 0 Å². The number of nitrogens with zero attached hydrogens (tertiary/aromatic N) is 2. The van der Waals surface area contributed by atoms with E-state index in [1.807, 2.05) is 19.1 Å². The van der Waals surface area contributed by atoms with Crippen LogP contribution in [0.25, 0.3) is 0 Å². The fourth-order valence-corrected chi connectivity index (χ4v) is 4.72. The molecule has 2 aromatic rings. The Morgan fingerprint density at radius 3 is 2.14 bits per heavy atom. The maximum absolute atomic E-state index is 13.9. The maximum atomic E-state index is 13.9. The summed E-state index contributed by atoms with van der Waals surface area (Å²) in [6.07, 6.45) is 0.182. The Bertz CT molecular complexity index is 952. The molecule has 1 aliphatic rings. The van der Waals surface area contributed by atoms with E-state index in [9.17, 15) is 22.0 Å². The van der Waals surface area contributed by atoms with Crippen LogP contribution >= 0.6 is 0 Å². The molecule has 0 aromatic heterocycles. The van der Waals surface area contributed by atoms with Crippen molar-refractivity contribution in [1.82, 2.24) is 9.21 Å². The summed E-state index contributed by atoms with van der Waals surface area (Å²) in [6, 6.07) is 10.1. The Morgan fingerprint density at radius 1 is 1.00 bits per heavy atom. The van der Waals surface area contributed by atoms with E-state index in [0.717, 1.165) is 33.8 Å². The monoisotopic (exact) mass is 424 g/mol. The van der Waals surface area contributed by atoms with Crippen molar-refractivity contribution in [2.75, 3.05) is 32.8 Å². The van der Waals surface area contributed by atoms with Gasteiger partial charge in [0.2, 0.25) is 15.9 Å². The SMILES string of the molecule is CCOc1ccc(CC(=O)N2CCN(S(=O)(=O)c3c(F)cccc3F)CC2)cc1. The number of benzene rings is 2. The molecule has 2 aromatic carbocycles. The van der Waals surface area contributed by atoms with Crippen molar-refractivity contribution in [1.29, 1.82) is 0 Å². The highest BCUT2D eigenvalue weighted by Gasteiger charge is 2.34. The number of hydrogen-bond acceptors (Lipinski definition) is 4. The summed E-state index contributed by atoms with van der Waals surface area (Å²) in [7, 11) is -4.31. The molecule has 3 rings (SSSR count). The highest BCUT2D eigenvalue weighted by atomic mass is 32.2. The van der Waals surface area contributed by atoms with Crippen LogP contribution in [0.5, 0.6) is 5.75 Å². The van der Waals surface area contributed by atoms with Crippen LogP contribution in [0.4, 0.5) is 8.78 Å². The first-order valence-corrected chi connectivity index (χ1v) is 10.7. The molecule has 0 radical (unpaired) electrons. The van der Waals surface area contributed by atoms with E-state index < -0.39 is 26.6 Å². The summed E-state index contributed by atoms with van der Waals surface area (Å²) in [6.45, 7) is 2.71. The Kier molecular flexibility index (Phi) is 6.49. The van der Waals surface area contributed by atoms with Crippen molar-refractivity contribution in [3.8, 4) is 5.75 Å². The molecule has 0 aliphatic carbocycles. The Hall–Kier alpha value is -2.52. The molecule has 0 atom stereocenters. The van der Waals surface area contributed by atoms with Crippen molar-refractivity contribution in [3.05, 3.63) is 59.7 Å². The fraction of sp³-hybridized carbons (Fsp3) is 0.350. The van der Waals surface area contributed by atoms with Crippen LogP contribution in [0.15, 0.2) is 47.4 Å². The third-order valence-electron chi connectivity index (χ3n) is 4.70. The van der Waals surface area contributed by atoms with E-state index in [0.29, 0.717) is 6.61 Å². The lowest BCUT2D eigenvalue weighted by atomic mass is 10.1. The number of ether oxygens (including phenoxy) is 1. The number of carbonyl (C=O) groups is 1. The molecule has 1 amide bonds. The maximum Gasteiger partial charge on any atom is 0.249 e. The van der Waals surface area contributed by atoms with Crippen LogP contribution in [-0.4, -0.2) is 56.3 Å². The third kappa shape index (κ3) is 4.73. The van der Waals surface area contributed by atoms with Gasteiger partial charge in [-0.15, -0.1) is 0 Å². The lowest BCUT2D eigenvalue weighted by Crippen LogP contribution is -2.51. The zero-order chi connectivity index (χ0) is 21.0. The molecule has 0 saturated carbocycles. The fourth-order valence-electron chi connectivity index (χ4n) is 3.19. The van der Waals surface area contributed by atoms with E-state index in [-0.39, 0.29) is 38.5 Å². The summed E-state index contributed by atoms with van der Waals surface area (Å²) < 4.78 is 59.4. The largest absolute Gasteiger partial charge is 0.494 e. The van der Waals surface area contributed by atoms with Gasteiger partial charge >= 0.3 is 0 Å². The molecule has 6 nitrogen and oxygen atoms in total. The molecule has 1 saturated heterocycles. The number of rotatable bonds is 6. The minimum absolute atomic E-state index is 0.0227. The lowest BCUT2D eigenvalue weighted by molar-refractivity contribution is -0.131. The first kappa shape index (κ1) is 21.2. The van der Waals surface area contributed by atoms with Crippen molar-refractivity contribution in [2.24, 2.45) is 0 Å². The topological polar surface area (TPSA) is 66.9 Å². The highest BCUT2D eigenvalue weighted by molar-refractivity contribution is 7.89. The molecule has 0 unspecified atom stereocenters. The van der Waals surface area contributed by atoms with Crippen molar-refractivity contribution in [2.45, 2.75) is 18.2 Å². The predicted octanol–water partition coefficient (Wildman–Crippen LogP) is 2.44.